The van der Waals surface area contributed by atoms with Gasteiger partial charge in [-0.1, -0.05) is 0 Å². The predicted molar refractivity (Wildman–Crippen MR) is 82.6 cm³/mol. The van der Waals surface area contributed by atoms with Gasteiger partial charge in [0.2, 0.25) is 0 Å². The third-order valence-electron chi connectivity index (χ3n) is 3.77. The van der Waals surface area contributed by atoms with Crippen molar-refractivity contribution in [2.45, 2.75) is 31.7 Å². The van der Waals surface area contributed by atoms with Crippen LogP contribution in [-0.4, -0.2) is 34.9 Å². The fraction of sp³-hybridized carbons (Fsp3) is 0.500. The van der Waals surface area contributed by atoms with Crippen molar-refractivity contribution in [1.82, 2.24) is 4.90 Å². The van der Waals surface area contributed by atoms with Crippen molar-refractivity contribution in [3.63, 3.8) is 0 Å². The standard InChI is InChI=1S/C14H18FN3O3.ClH/c15-10-4-5-13(18(20)21)12(9-10)14(19)17-8-2-1-3-11(17)6-7-16;/h4-5,9,11H,1-3,6-8,16H2;1H. The Bertz CT molecular complexity index is 554. The van der Waals surface area contributed by atoms with Crippen LogP contribution in [-0.2, 0) is 0 Å². The van der Waals surface area contributed by atoms with Crippen LogP contribution in [0.25, 0.3) is 0 Å². The van der Waals surface area contributed by atoms with E-state index in [1.54, 1.807) is 4.90 Å². The summed E-state index contributed by atoms with van der Waals surface area (Å²) >= 11 is 0. The molecule has 1 unspecified atom stereocenters. The number of carbonyl (C=O) groups excluding carboxylic acids is 1. The van der Waals surface area contributed by atoms with Gasteiger partial charge in [0.15, 0.2) is 0 Å². The van der Waals surface area contributed by atoms with Gasteiger partial charge in [0.25, 0.3) is 11.6 Å². The number of nitro benzene ring substituents is 1. The smallest absolute Gasteiger partial charge is 0.282 e. The molecule has 2 N–H and O–H groups in total. The van der Waals surface area contributed by atoms with Crippen LogP contribution in [0.2, 0.25) is 0 Å². The number of amides is 1. The van der Waals surface area contributed by atoms with Crippen LogP contribution >= 0.6 is 12.4 Å². The molecule has 0 aromatic heterocycles. The van der Waals surface area contributed by atoms with Crippen molar-refractivity contribution in [2.24, 2.45) is 5.73 Å². The van der Waals surface area contributed by atoms with Gasteiger partial charge in [-0.3, -0.25) is 14.9 Å². The molecule has 1 aromatic rings. The molecule has 1 aromatic carbocycles. The molecule has 1 aliphatic heterocycles. The van der Waals surface area contributed by atoms with Gasteiger partial charge in [-0.25, -0.2) is 4.39 Å². The van der Waals surface area contributed by atoms with Crippen LogP contribution < -0.4 is 5.73 Å². The summed E-state index contributed by atoms with van der Waals surface area (Å²) in [7, 11) is 0. The molecule has 122 valence electrons. The van der Waals surface area contributed by atoms with E-state index in [2.05, 4.69) is 0 Å². The number of piperidine rings is 1. The van der Waals surface area contributed by atoms with E-state index in [1.807, 2.05) is 0 Å². The van der Waals surface area contributed by atoms with Gasteiger partial charge in [-0.05, 0) is 44.4 Å². The molecule has 1 heterocycles. The molecular weight excluding hydrogens is 313 g/mol. The maximum absolute atomic E-state index is 13.4. The van der Waals surface area contributed by atoms with E-state index in [4.69, 9.17) is 5.73 Å². The zero-order valence-electron chi connectivity index (χ0n) is 12.0. The molecule has 1 atom stereocenters. The molecule has 6 nitrogen and oxygen atoms in total. The number of likely N-dealkylation sites (tertiary alicyclic amines) is 1. The van der Waals surface area contributed by atoms with E-state index in [1.165, 1.54) is 0 Å². The Hall–Kier alpha value is -1.73. The van der Waals surface area contributed by atoms with E-state index in [0.717, 1.165) is 37.5 Å². The van der Waals surface area contributed by atoms with Gasteiger partial charge in [-0.15, -0.1) is 12.4 Å². The Morgan fingerprint density at radius 2 is 2.18 bits per heavy atom. The first-order valence-corrected chi connectivity index (χ1v) is 6.99. The highest BCUT2D eigenvalue weighted by Gasteiger charge is 2.31. The molecule has 22 heavy (non-hydrogen) atoms. The highest BCUT2D eigenvalue weighted by molar-refractivity contribution is 5.98. The van der Waals surface area contributed by atoms with Gasteiger partial charge >= 0.3 is 0 Å². The number of nitrogens with two attached hydrogens (primary N) is 1. The average Bonchev–Trinajstić information content (AvgIpc) is 2.47. The number of nitrogens with zero attached hydrogens (tertiary/aromatic N) is 2. The van der Waals surface area contributed by atoms with Crippen LogP contribution in [0.1, 0.15) is 36.0 Å². The highest BCUT2D eigenvalue weighted by atomic mass is 35.5. The Morgan fingerprint density at radius 1 is 1.45 bits per heavy atom. The largest absolute Gasteiger partial charge is 0.335 e. The Balaban J connectivity index is 0.00000242. The van der Waals surface area contributed by atoms with Crippen LogP contribution in [0.4, 0.5) is 10.1 Å². The van der Waals surface area contributed by atoms with Gasteiger partial charge in [0.05, 0.1) is 4.92 Å². The molecule has 0 saturated carbocycles. The minimum Gasteiger partial charge on any atom is -0.335 e. The molecular formula is C14H19ClFN3O3. The molecule has 1 saturated heterocycles. The molecule has 8 heteroatoms. The van der Waals surface area contributed by atoms with Crippen molar-refractivity contribution >= 4 is 24.0 Å². The van der Waals surface area contributed by atoms with E-state index in [9.17, 15) is 19.3 Å². The number of hydrogen-bond donors (Lipinski definition) is 1. The summed E-state index contributed by atoms with van der Waals surface area (Å²) in [5.74, 6) is -1.14. The molecule has 0 aliphatic carbocycles. The number of nitro groups is 1. The second kappa shape index (κ2) is 8.05. The summed E-state index contributed by atoms with van der Waals surface area (Å²) < 4.78 is 13.4. The first kappa shape index (κ1) is 18.3. The number of benzene rings is 1. The molecule has 0 radical (unpaired) electrons. The minimum absolute atomic E-state index is 0. The Labute approximate surface area is 134 Å². The summed E-state index contributed by atoms with van der Waals surface area (Å²) in [6.07, 6.45) is 3.32. The summed E-state index contributed by atoms with van der Waals surface area (Å²) in [5.41, 5.74) is 5.00. The van der Waals surface area contributed by atoms with Crippen molar-refractivity contribution in [1.29, 1.82) is 0 Å². The second-order valence-corrected chi connectivity index (χ2v) is 5.14. The van der Waals surface area contributed by atoms with Crippen LogP contribution in [0.3, 0.4) is 0 Å². The number of hydrogen-bond acceptors (Lipinski definition) is 4. The maximum Gasteiger partial charge on any atom is 0.282 e. The lowest BCUT2D eigenvalue weighted by atomic mass is 9.98. The SMILES string of the molecule is Cl.NCCC1CCCCN1C(=O)c1cc(F)ccc1[N+](=O)[O-]. The fourth-order valence-corrected chi connectivity index (χ4v) is 2.75. The van der Waals surface area contributed by atoms with E-state index in [-0.39, 0.29) is 29.7 Å². The van der Waals surface area contributed by atoms with E-state index < -0.39 is 16.6 Å². The lowest BCUT2D eigenvalue weighted by Crippen LogP contribution is -2.44. The first-order chi connectivity index (χ1) is 10.0. The third-order valence-corrected chi connectivity index (χ3v) is 3.77. The maximum atomic E-state index is 13.4. The highest BCUT2D eigenvalue weighted by Crippen LogP contribution is 2.26. The van der Waals surface area contributed by atoms with Crippen LogP contribution in [0, 0.1) is 15.9 Å². The lowest BCUT2D eigenvalue weighted by molar-refractivity contribution is -0.385. The van der Waals surface area contributed by atoms with Gasteiger partial charge < -0.3 is 10.6 Å². The topological polar surface area (TPSA) is 89.5 Å². The Kier molecular flexibility index (Phi) is 6.70. The zero-order chi connectivity index (χ0) is 15.4. The number of halogens is 2. The lowest BCUT2D eigenvalue weighted by Gasteiger charge is -2.35. The van der Waals surface area contributed by atoms with Crippen molar-refractivity contribution < 1.29 is 14.1 Å². The number of carbonyl (C=O) groups is 1. The van der Waals surface area contributed by atoms with E-state index >= 15 is 0 Å². The molecule has 2 rings (SSSR count). The monoisotopic (exact) mass is 331 g/mol. The first-order valence-electron chi connectivity index (χ1n) is 6.99. The summed E-state index contributed by atoms with van der Waals surface area (Å²) in [6, 6.07) is 2.93. The van der Waals surface area contributed by atoms with Gasteiger partial charge in [0, 0.05) is 18.7 Å². The molecule has 0 spiro atoms. The normalized spacial score (nSPS) is 17.7. The third kappa shape index (κ3) is 3.92. The molecule has 1 amide bonds. The quantitative estimate of drug-likeness (QED) is 0.678. The van der Waals surface area contributed by atoms with Crippen molar-refractivity contribution in [2.75, 3.05) is 13.1 Å². The summed E-state index contributed by atoms with van der Waals surface area (Å²) in [4.78, 5) is 24.5. The van der Waals surface area contributed by atoms with Crippen LogP contribution in [0.5, 0.6) is 0 Å². The van der Waals surface area contributed by atoms with Gasteiger partial charge in [-0.2, -0.15) is 0 Å². The second-order valence-electron chi connectivity index (χ2n) is 5.14. The van der Waals surface area contributed by atoms with Gasteiger partial charge in [0.1, 0.15) is 11.4 Å². The average molecular weight is 332 g/mol. The van der Waals surface area contributed by atoms with E-state index in [0.29, 0.717) is 19.5 Å². The van der Waals surface area contributed by atoms with Crippen molar-refractivity contribution in [3.05, 3.63) is 39.7 Å². The minimum atomic E-state index is -0.658. The predicted octanol–water partition coefficient (Wildman–Crippen LogP) is 2.50. The molecule has 0 bridgehead atoms. The fourth-order valence-electron chi connectivity index (χ4n) is 2.75. The molecule has 1 fully saturated rings. The molecule has 1 aliphatic rings. The zero-order valence-corrected chi connectivity index (χ0v) is 12.9. The number of rotatable bonds is 4. The van der Waals surface area contributed by atoms with Crippen molar-refractivity contribution in [3.8, 4) is 0 Å². The summed E-state index contributed by atoms with van der Waals surface area (Å²) in [5, 5.41) is 11.0. The van der Waals surface area contributed by atoms with Crippen LogP contribution in [0.15, 0.2) is 18.2 Å². The Morgan fingerprint density at radius 3 is 2.82 bits per heavy atom. The summed E-state index contributed by atoms with van der Waals surface area (Å²) in [6.45, 7) is 0.969.